The van der Waals surface area contributed by atoms with E-state index in [0.717, 1.165) is 45.4 Å². The topological polar surface area (TPSA) is 36.4 Å². The summed E-state index contributed by atoms with van der Waals surface area (Å²) in [5, 5.41) is 0.367. The van der Waals surface area contributed by atoms with Crippen LogP contribution in [0.5, 0.6) is 0 Å². The number of carbonyl (C=O) groups is 1. The lowest BCUT2D eigenvalue weighted by Gasteiger charge is -2.45. The van der Waals surface area contributed by atoms with Gasteiger partial charge in [0.15, 0.2) is 0 Å². The summed E-state index contributed by atoms with van der Waals surface area (Å²) in [6.07, 6.45) is 6.53. The molecule has 0 aromatic carbocycles. The number of aromatic nitrogens is 1. The molecule has 1 spiro atoms. The molecule has 118 valence electrons. The smallest absolute Gasteiger partial charge is 0.272 e. The Hall–Kier alpha value is -1.39. The van der Waals surface area contributed by atoms with Gasteiger partial charge in [-0.05, 0) is 44.4 Å². The molecule has 1 aromatic rings. The van der Waals surface area contributed by atoms with Gasteiger partial charge >= 0.3 is 0 Å². The lowest BCUT2D eigenvalue weighted by molar-refractivity contribution is 0.0362. The van der Waals surface area contributed by atoms with Gasteiger partial charge in [-0.2, -0.15) is 0 Å². The normalized spacial score (nSPS) is 25.6. The molecular weight excluding hydrogens is 298 g/mol. The van der Waals surface area contributed by atoms with Crippen molar-refractivity contribution in [2.75, 3.05) is 26.2 Å². The van der Waals surface area contributed by atoms with E-state index in [4.69, 9.17) is 11.6 Å². The Bertz CT molecular complexity index is 577. The van der Waals surface area contributed by atoms with Crippen LogP contribution in [0.4, 0.5) is 0 Å². The van der Waals surface area contributed by atoms with Gasteiger partial charge in [0, 0.05) is 25.2 Å². The average molecular weight is 320 g/mol. The van der Waals surface area contributed by atoms with Crippen molar-refractivity contribution in [1.82, 2.24) is 14.8 Å². The molecule has 2 fully saturated rings. The number of nitrogens with zero attached hydrogens (tertiary/aromatic N) is 3. The number of rotatable bonds is 3. The molecule has 4 nitrogen and oxygen atoms in total. The fraction of sp³-hybridized carbons (Fsp3) is 0.529. The summed E-state index contributed by atoms with van der Waals surface area (Å²) in [6, 6.07) is 5.21. The molecule has 2 aliphatic rings. The second-order valence-corrected chi connectivity index (χ2v) is 6.63. The minimum Gasteiger partial charge on any atom is -0.335 e. The minimum atomic E-state index is -0.00738. The largest absolute Gasteiger partial charge is 0.335 e. The van der Waals surface area contributed by atoms with Gasteiger partial charge in [-0.15, -0.1) is 6.58 Å². The maximum absolute atomic E-state index is 12.7. The summed E-state index contributed by atoms with van der Waals surface area (Å²) < 4.78 is 0. The van der Waals surface area contributed by atoms with Crippen molar-refractivity contribution in [1.29, 1.82) is 0 Å². The molecule has 0 bridgehead atoms. The van der Waals surface area contributed by atoms with Gasteiger partial charge in [0.05, 0.1) is 0 Å². The first-order valence-electron chi connectivity index (χ1n) is 7.92. The number of pyridine rings is 1. The Morgan fingerprint density at radius 3 is 2.86 bits per heavy atom. The van der Waals surface area contributed by atoms with Crippen LogP contribution in [0.15, 0.2) is 30.9 Å². The fourth-order valence-electron chi connectivity index (χ4n) is 3.87. The van der Waals surface area contributed by atoms with E-state index in [-0.39, 0.29) is 11.4 Å². The van der Waals surface area contributed by atoms with Crippen molar-refractivity contribution in [3.63, 3.8) is 0 Å². The van der Waals surface area contributed by atoms with E-state index >= 15 is 0 Å². The highest BCUT2D eigenvalue weighted by molar-refractivity contribution is 6.29. The fourth-order valence-corrected chi connectivity index (χ4v) is 4.04. The summed E-state index contributed by atoms with van der Waals surface area (Å²) >= 11 is 5.91. The Morgan fingerprint density at radius 1 is 1.36 bits per heavy atom. The third-order valence-corrected chi connectivity index (χ3v) is 5.08. The summed E-state index contributed by atoms with van der Waals surface area (Å²) in [4.78, 5) is 21.3. The van der Waals surface area contributed by atoms with E-state index in [1.54, 1.807) is 18.2 Å². The van der Waals surface area contributed by atoms with Crippen LogP contribution < -0.4 is 0 Å². The Kier molecular flexibility index (Phi) is 4.50. The van der Waals surface area contributed by atoms with E-state index in [0.29, 0.717) is 10.8 Å². The SMILES string of the molecule is C=CCN1CCCC12CCCN(C(=O)c1cccc(Cl)n1)C2. The zero-order valence-corrected chi connectivity index (χ0v) is 13.6. The lowest BCUT2D eigenvalue weighted by Crippen LogP contribution is -2.56. The molecule has 0 aliphatic carbocycles. The first-order valence-corrected chi connectivity index (χ1v) is 8.30. The molecule has 3 heterocycles. The molecular formula is C17H22ClN3O. The Morgan fingerprint density at radius 2 is 2.14 bits per heavy atom. The standard InChI is InChI=1S/C17H22ClN3O/c1-2-10-21-12-5-9-17(21)8-4-11-20(13-17)16(22)14-6-3-7-15(18)19-14/h2-3,6-7H,1,4-5,8-13H2. The van der Waals surface area contributed by atoms with Crippen LogP contribution in [-0.2, 0) is 0 Å². The Balaban J connectivity index is 1.78. The van der Waals surface area contributed by atoms with Gasteiger partial charge in [-0.25, -0.2) is 4.98 Å². The highest BCUT2D eigenvalue weighted by Gasteiger charge is 2.44. The Labute approximate surface area is 136 Å². The third-order valence-electron chi connectivity index (χ3n) is 4.87. The lowest BCUT2D eigenvalue weighted by atomic mass is 9.86. The number of hydrogen-bond acceptors (Lipinski definition) is 3. The van der Waals surface area contributed by atoms with E-state index in [1.807, 2.05) is 11.0 Å². The first kappa shape index (κ1) is 15.5. The number of likely N-dealkylation sites (tertiary alicyclic amines) is 2. The van der Waals surface area contributed by atoms with Crippen molar-refractivity contribution < 1.29 is 4.79 Å². The quantitative estimate of drug-likeness (QED) is 0.635. The van der Waals surface area contributed by atoms with E-state index < -0.39 is 0 Å². The number of piperidine rings is 1. The van der Waals surface area contributed by atoms with Crippen molar-refractivity contribution in [2.45, 2.75) is 31.2 Å². The summed E-state index contributed by atoms with van der Waals surface area (Å²) in [6.45, 7) is 7.46. The molecule has 5 heteroatoms. The van der Waals surface area contributed by atoms with Crippen LogP contribution in [-0.4, -0.2) is 52.4 Å². The molecule has 22 heavy (non-hydrogen) atoms. The molecule has 0 radical (unpaired) electrons. The summed E-state index contributed by atoms with van der Waals surface area (Å²) in [5.41, 5.74) is 0.568. The van der Waals surface area contributed by atoms with Crippen LogP contribution in [0.25, 0.3) is 0 Å². The number of hydrogen-bond donors (Lipinski definition) is 0. The molecule has 1 atom stereocenters. The highest BCUT2D eigenvalue weighted by atomic mass is 35.5. The minimum absolute atomic E-state index is 0.00738. The first-order chi connectivity index (χ1) is 10.6. The third kappa shape index (κ3) is 2.90. The number of halogens is 1. The van der Waals surface area contributed by atoms with Crippen LogP contribution in [0.2, 0.25) is 5.15 Å². The highest BCUT2D eigenvalue weighted by Crippen LogP contribution is 2.37. The zero-order valence-electron chi connectivity index (χ0n) is 12.8. The second kappa shape index (κ2) is 6.39. The monoisotopic (exact) mass is 319 g/mol. The summed E-state index contributed by atoms with van der Waals surface area (Å²) in [7, 11) is 0. The molecule has 1 amide bonds. The van der Waals surface area contributed by atoms with Crippen LogP contribution >= 0.6 is 11.6 Å². The van der Waals surface area contributed by atoms with Gasteiger partial charge in [-0.3, -0.25) is 9.69 Å². The molecule has 0 saturated carbocycles. The van der Waals surface area contributed by atoms with Gasteiger partial charge in [0.2, 0.25) is 0 Å². The van der Waals surface area contributed by atoms with E-state index in [9.17, 15) is 4.79 Å². The molecule has 1 aromatic heterocycles. The predicted octanol–water partition coefficient (Wildman–Crippen LogP) is 2.99. The van der Waals surface area contributed by atoms with Crippen molar-refractivity contribution in [3.8, 4) is 0 Å². The van der Waals surface area contributed by atoms with Gasteiger partial charge in [0.25, 0.3) is 5.91 Å². The average Bonchev–Trinajstić information content (AvgIpc) is 2.89. The molecule has 2 aliphatic heterocycles. The van der Waals surface area contributed by atoms with Crippen molar-refractivity contribution in [2.24, 2.45) is 0 Å². The number of amides is 1. The maximum atomic E-state index is 12.7. The van der Waals surface area contributed by atoms with E-state index in [2.05, 4.69) is 16.5 Å². The van der Waals surface area contributed by atoms with Crippen LogP contribution in [0, 0.1) is 0 Å². The van der Waals surface area contributed by atoms with E-state index in [1.165, 1.54) is 6.42 Å². The van der Waals surface area contributed by atoms with Gasteiger partial charge in [-0.1, -0.05) is 23.7 Å². The molecule has 2 saturated heterocycles. The van der Waals surface area contributed by atoms with Crippen molar-refractivity contribution >= 4 is 17.5 Å². The van der Waals surface area contributed by atoms with Crippen molar-refractivity contribution in [3.05, 3.63) is 41.7 Å². The molecule has 1 unspecified atom stereocenters. The molecule has 3 rings (SSSR count). The zero-order chi connectivity index (χ0) is 15.6. The van der Waals surface area contributed by atoms with Gasteiger partial charge < -0.3 is 4.90 Å². The molecule has 0 N–H and O–H groups in total. The summed E-state index contributed by atoms with van der Waals surface area (Å²) in [5.74, 6) is -0.00738. The number of carbonyl (C=O) groups excluding carboxylic acids is 1. The predicted molar refractivity (Wildman–Crippen MR) is 88.1 cm³/mol. The van der Waals surface area contributed by atoms with Gasteiger partial charge in [0.1, 0.15) is 10.8 Å². The maximum Gasteiger partial charge on any atom is 0.272 e. The van der Waals surface area contributed by atoms with Crippen LogP contribution in [0.1, 0.15) is 36.2 Å². The van der Waals surface area contributed by atoms with Crippen LogP contribution in [0.3, 0.4) is 0 Å². The second-order valence-electron chi connectivity index (χ2n) is 6.24.